The monoisotopic (exact) mass is 747 g/mol. The van der Waals surface area contributed by atoms with Crippen molar-refractivity contribution in [3.8, 4) is 0 Å². The summed E-state index contributed by atoms with van der Waals surface area (Å²) >= 11 is 0. The van der Waals surface area contributed by atoms with E-state index < -0.39 is 0 Å². The minimum atomic E-state index is 0.0270. The van der Waals surface area contributed by atoms with Gasteiger partial charge >= 0.3 is 0 Å². The van der Waals surface area contributed by atoms with Gasteiger partial charge in [-0.2, -0.15) is 0 Å². The van der Waals surface area contributed by atoms with Crippen molar-refractivity contribution in [1.82, 2.24) is 0 Å². The van der Waals surface area contributed by atoms with E-state index in [0.717, 1.165) is 67.3 Å². The fraction of sp³-hybridized carbons (Fsp3) is 0.0943. The molecular formula is C53H42BN3O. The van der Waals surface area contributed by atoms with E-state index in [1.165, 1.54) is 50.0 Å². The second-order valence-electron chi connectivity index (χ2n) is 16.2. The van der Waals surface area contributed by atoms with Crippen LogP contribution in [0.25, 0.3) is 21.9 Å². The highest BCUT2D eigenvalue weighted by molar-refractivity contribution is 7.00. The summed E-state index contributed by atoms with van der Waals surface area (Å²) in [4.78, 5) is 7.38. The molecule has 2 aliphatic heterocycles. The molecule has 4 nitrogen and oxygen atoms in total. The summed E-state index contributed by atoms with van der Waals surface area (Å²) in [5.74, 6) is 0. The van der Waals surface area contributed by atoms with Crippen LogP contribution in [0.1, 0.15) is 27.8 Å². The summed E-state index contributed by atoms with van der Waals surface area (Å²) in [6, 6.07) is 60.5. The van der Waals surface area contributed by atoms with Crippen molar-refractivity contribution in [2.24, 2.45) is 0 Å². The number of nitrogens with zero attached hydrogens (tertiary/aromatic N) is 3. The van der Waals surface area contributed by atoms with Crippen LogP contribution in [0.4, 0.5) is 51.2 Å². The van der Waals surface area contributed by atoms with E-state index in [1.54, 1.807) is 0 Å². The van der Waals surface area contributed by atoms with Gasteiger partial charge in [-0.1, -0.05) is 119 Å². The lowest BCUT2D eigenvalue weighted by Gasteiger charge is -2.45. The molecular weight excluding hydrogens is 705 g/mol. The molecule has 0 unspecified atom stereocenters. The summed E-state index contributed by atoms with van der Waals surface area (Å²) in [6.07, 6.45) is 0. The number of anilines is 9. The first-order valence-corrected chi connectivity index (χ1v) is 20.2. The number of hydrogen-bond acceptors (Lipinski definition) is 4. The van der Waals surface area contributed by atoms with Crippen LogP contribution in [-0.4, -0.2) is 6.71 Å². The van der Waals surface area contributed by atoms with E-state index in [-0.39, 0.29) is 6.71 Å². The number of fused-ring (bicyclic) bond motifs is 7. The summed E-state index contributed by atoms with van der Waals surface area (Å²) in [5.41, 5.74) is 21.9. The predicted octanol–water partition coefficient (Wildman–Crippen LogP) is 12.7. The van der Waals surface area contributed by atoms with Crippen molar-refractivity contribution in [2.75, 3.05) is 14.7 Å². The molecule has 0 saturated heterocycles. The average molecular weight is 748 g/mol. The van der Waals surface area contributed by atoms with Crippen LogP contribution in [0.5, 0.6) is 0 Å². The predicted molar refractivity (Wildman–Crippen MR) is 246 cm³/mol. The lowest BCUT2D eigenvalue weighted by molar-refractivity contribution is 0.666. The number of aryl methyl sites for hydroxylation is 5. The van der Waals surface area contributed by atoms with Crippen LogP contribution in [0.2, 0.25) is 0 Å². The second-order valence-corrected chi connectivity index (χ2v) is 16.2. The fourth-order valence-corrected chi connectivity index (χ4v) is 9.43. The molecule has 0 fully saturated rings. The lowest BCUT2D eigenvalue weighted by atomic mass is 9.33. The molecule has 278 valence electrons. The van der Waals surface area contributed by atoms with Crippen LogP contribution >= 0.6 is 0 Å². The molecule has 1 aromatic heterocycles. The Hall–Kier alpha value is -6.98. The van der Waals surface area contributed by atoms with Crippen LogP contribution in [0, 0.1) is 34.6 Å². The van der Waals surface area contributed by atoms with Crippen molar-refractivity contribution in [3.63, 3.8) is 0 Å². The zero-order valence-corrected chi connectivity index (χ0v) is 33.4. The van der Waals surface area contributed by atoms with E-state index in [1.807, 2.05) is 0 Å². The normalized spacial score (nSPS) is 12.8. The minimum Gasteiger partial charge on any atom is -0.454 e. The molecule has 0 atom stereocenters. The fourth-order valence-electron chi connectivity index (χ4n) is 9.43. The van der Waals surface area contributed by atoms with Crippen LogP contribution in [-0.2, 0) is 0 Å². The Bertz CT molecular complexity index is 2950. The van der Waals surface area contributed by atoms with Gasteiger partial charge in [0, 0.05) is 50.6 Å². The van der Waals surface area contributed by atoms with Gasteiger partial charge in [0.05, 0.1) is 11.4 Å². The van der Waals surface area contributed by atoms with Crippen molar-refractivity contribution in [1.29, 1.82) is 0 Å². The number of furan rings is 1. The zero-order chi connectivity index (χ0) is 39.2. The van der Waals surface area contributed by atoms with Crippen LogP contribution in [0.3, 0.4) is 0 Å². The van der Waals surface area contributed by atoms with Gasteiger partial charge in [-0.05, 0) is 123 Å². The molecule has 11 rings (SSSR count). The van der Waals surface area contributed by atoms with E-state index in [0.29, 0.717) is 0 Å². The third-order valence-electron chi connectivity index (χ3n) is 12.2. The molecule has 0 saturated carbocycles. The first-order valence-electron chi connectivity index (χ1n) is 20.2. The highest BCUT2D eigenvalue weighted by atomic mass is 16.3. The van der Waals surface area contributed by atoms with Crippen molar-refractivity contribution < 1.29 is 4.42 Å². The van der Waals surface area contributed by atoms with E-state index in [4.69, 9.17) is 4.42 Å². The van der Waals surface area contributed by atoms with Gasteiger partial charge in [-0.3, -0.25) is 0 Å². The molecule has 0 radical (unpaired) electrons. The highest BCUT2D eigenvalue weighted by Crippen LogP contribution is 2.49. The highest BCUT2D eigenvalue weighted by Gasteiger charge is 2.44. The Labute approximate surface area is 340 Å². The molecule has 3 heterocycles. The van der Waals surface area contributed by atoms with Crippen molar-refractivity contribution in [3.05, 3.63) is 192 Å². The molecule has 8 aromatic carbocycles. The van der Waals surface area contributed by atoms with Gasteiger partial charge < -0.3 is 19.1 Å². The molecule has 0 bridgehead atoms. The molecule has 0 spiro atoms. The second kappa shape index (κ2) is 13.0. The van der Waals surface area contributed by atoms with Gasteiger partial charge in [0.15, 0.2) is 5.58 Å². The van der Waals surface area contributed by atoms with Gasteiger partial charge in [0.25, 0.3) is 6.71 Å². The maximum atomic E-state index is 6.89. The maximum Gasteiger partial charge on any atom is 0.252 e. The van der Waals surface area contributed by atoms with Crippen molar-refractivity contribution >= 4 is 96.2 Å². The quantitative estimate of drug-likeness (QED) is 0.164. The van der Waals surface area contributed by atoms with Gasteiger partial charge in [0.2, 0.25) is 0 Å². The molecule has 9 aromatic rings. The van der Waals surface area contributed by atoms with E-state index in [9.17, 15) is 0 Å². The van der Waals surface area contributed by atoms with Gasteiger partial charge in [-0.15, -0.1) is 0 Å². The van der Waals surface area contributed by atoms with Crippen LogP contribution in [0.15, 0.2) is 168 Å². The third kappa shape index (κ3) is 5.23. The Morgan fingerprint density at radius 1 is 0.431 bits per heavy atom. The topological polar surface area (TPSA) is 22.9 Å². The SMILES string of the molecule is Cc1ccc(N2c3ccc(C)cc3B3c4cc(C)ccc4N(c4ccc(C)cc4)c4cc(N(c5ccccc5)c5cccc6c5oc5c(C)cccc56)cc2c43)cc1. The van der Waals surface area contributed by atoms with Gasteiger partial charge in [-0.25, -0.2) is 0 Å². The van der Waals surface area contributed by atoms with Crippen LogP contribution < -0.4 is 31.1 Å². The molecule has 5 heteroatoms. The average Bonchev–Trinajstić information content (AvgIpc) is 3.63. The number of rotatable bonds is 5. The molecule has 2 aliphatic rings. The smallest absolute Gasteiger partial charge is 0.252 e. The Balaban J connectivity index is 1.28. The lowest BCUT2D eigenvalue weighted by Crippen LogP contribution is -2.61. The molecule has 0 amide bonds. The number of hydrogen-bond donors (Lipinski definition) is 0. The molecule has 0 N–H and O–H groups in total. The first kappa shape index (κ1) is 34.3. The largest absolute Gasteiger partial charge is 0.454 e. The molecule has 0 aliphatic carbocycles. The summed E-state index contributed by atoms with van der Waals surface area (Å²) < 4.78 is 6.89. The minimum absolute atomic E-state index is 0.0270. The maximum absolute atomic E-state index is 6.89. The summed E-state index contributed by atoms with van der Waals surface area (Å²) in [7, 11) is 0. The zero-order valence-electron chi connectivity index (χ0n) is 33.4. The van der Waals surface area contributed by atoms with Crippen molar-refractivity contribution in [2.45, 2.75) is 34.6 Å². The summed E-state index contributed by atoms with van der Waals surface area (Å²) in [6.45, 7) is 10.9. The Morgan fingerprint density at radius 2 is 0.948 bits per heavy atom. The third-order valence-corrected chi connectivity index (χ3v) is 12.2. The standard InChI is InChI=1S/C53H42BN3O/c1-33-17-23-39(24-18-33)56-46-27-21-35(3)29-44(46)54-45-30-36(4)22-28-47(45)57(40-25-19-34(2)20-26-40)50-32-41(31-49(56)51(50)54)55(38-12-7-6-8-13-38)48-16-10-15-43-42-14-9-11-37(5)52(42)58-53(43)48/h6-32H,1-5H3. The Kier molecular flexibility index (Phi) is 7.71. The number of para-hydroxylation sites is 3. The Morgan fingerprint density at radius 3 is 1.52 bits per heavy atom. The van der Waals surface area contributed by atoms with Gasteiger partial charge in [0.1, 0.15) is 5.58 Å². The van der Waals surface area contributed by atoms with E-state index in [2.05, 4.69) is 213 Å². The van der Waals surface area contributed by atoms with E-state index >= 15 is 0 Å². The number of benzene rings is 8. The summed E-state index contributed by atoms with van der Waals surface area (Å²) in [5, 5.41) is 2.23. The first-order chi connectivity index (χ1) is 28.3. The molecule has 58 heavy (non-hydrogen) atoms.